The van der Waals surface area contributed by atoms with Crippen molar-refractivity contribution >= 4 is 11.9 Å². The number of carbonyl (C=O) groups is 2. The Morgan fingerprint density at radius 3 is 2.76 bits per heavy atom. The minimum absolute atomic E-state index is 0.159. The highest BCUT2D eigenvalue weighted by Gasteiger charge is 2.29. The molecule has 6 heteroatoms. The number of amides is 3. The second-order valence-corrected chi connectivity index (χ2v) is 3.88. The fourth-order valence-electron chi connectivity index (χ4n) is 1.79. The Labute approximate surface area is 97.7 Å². The van der Waals surface area contributed by atoms with Crippen molar-refractivity contribution < 1.29 is 19.7 Å². The predicted octanol–water partition coefficient (Wildman–Crippen LogP) is 1.39. The molecule has 17 heavy (non-hydrogen) atoms. The van der Waals surface area contributed by atoms with Crippen LogP contribution in [0.5, 0.6) is 5.75 Å². The largest absolute Gasteiger partial charge is 0.340 e. The standard InChI is InChI=1S/C11H12N2O4/c1-6-8-4-3-7(17-16)5-9(8)10(14)13(2)11(15)12-6/h3-6,16H,1-2H3,(H,12,15). The molecule has 2 N–H and O–H groups in total. The van der Waals surface area contributed by atoms with Crippen LogP contribution in [0.3, 0.4) is 0 Å². The lowest BCUT2D eigenvalue weighted by molar-refractivity contribution is -0.137. The van der Waals surface area contributed by atoms with Crippen LogP contribution in [0.2, 0.25) is 0 Å². The number of hydrogen-bond acceptors (Lipinski definition) is 4. The van der Waals surface area contributed by atoms with Gasteiger partial charge in [0.2, 0.25) is 0 Å². The molecule has 1 aliphatic rings. The maximum atomic E-state index is 12.0. The minimum Gasteiger partial charge on any atom is -0.340 e. The monoisotopic (exact) mass is 236 g/mol. The quantitative estimate of drug-likeness (QED) is 0.570. The van der Waals surface area contributed by atoms with Crippen molar-refractivity contribution in [2.75, 3.05) is 7.05 Å². The van der Waals surface area contributed by atoms with E-state index in [0.29, 0.717) is 11.1 Å². The van der Waals surface area contributed by atoms with E-state index in [0.717, 1.165) is 4.90 Å². The Bertz CT molecular complexity index is 486. The first-order valence-electron chi connectivity index (χ1n) is 5.08. The fraction of sp³-hybridized carbons (Fsp3) is 0.273. The van der Waals surface area contributed by atoms with E-state index in [1.54, 1.807) is 13.0 Å². The number of fused-ring (bicyclic) bond motifs is 1. The molecule has 90 valence electrons. The third-order valence-electron chi connectivity index (χ3n) is 2.78. The lowest BCUT2D eigenvalue weighted by atomic mass is 10.0. The van der Waals surface area contributed by atoms with E-state index >= 15 is 0 Å². The number of rotatable bonds is 1. The number of nitrogens with zero attached hydrogens (tertiary/aromatic N) is 1. The van der Waals surface area contributed by atoms with Crippen molar-refractivity contribution in [3.63, 3.8) is 0 Å². The second-order valence-electron chi connectivity index (χ2n) is 3.88. The fourth-order valence-corrected chi connectivity index (χ4v) is 1.79. The third kappa shape index (κ3) is 1.83. The average Bonchev–Trinajstić information content (AvgIpc) is 2.42. The number of nitrogens with one attached hydrogen (secondary N) is 1. The Hall–Kier alpha value is -2.08. The average molecular weight is 236 g/mol. The van der Waals surface area contributed by atoms with Gasteiger partial charge in [0, 0.05) is 12.6 Å². The molecule has 1 heterocycles. The Balaban J connectivity index is 2.57. The summed E-state index contributed by atoms with van der Waals surface area (Å²) in [4.78, 5) is 28.6. The summed E-state index contributed by atoms with van der Waals surface area (Å²) in [6, 6.07) is 3.85. The normalized spacial score (nSPS) is 19.5. The van der Waals surface area contributed by atoms with Crippen molar-refractivity contribution in [2.24, 2.45) is 0 Å². The molecule has 0 saturated heterocycles. The Morgan fingerprint density at radius 1 is 1.41 bits per heavy atom. The number of imide groups is 1. The van der Waals surface area contributed by atoms with Gasteiger partial charge in [0.05, 0.1) is 6.04 Å². The molecule has 1 aliphatic heterocycles. The van der Waals surface area contributed by atoms with Gasteiger partial charge in [-0.3, -0.25) is 9.69 Å². The van der Waals surface area contributed by atoms with Gasteiger partial charge in [-0.05, 0) is 24.6 Å². The Kier molecular flexibility index (Phi) is 2.72. The molecule has 1 aromatic rings. The molecule has 0 radical (unpaired) electrons. The SMILES string of the molecule is CC1NC(=O)N(C)C(=O)c2cc(OO)ccc21. The van der Waals surface area contributed by atoms with Crippen LogP contribution in [0.1, 0.15) is 28.9 Å². The first kappa shape index (κ1) is 11.4. The van der Waals surface area contributed by atoms with E-state index in [1.807, 2.05) is 0 Å². The van der Waals surface area contributed by atoms with Gasteiger partial charge in [0.25, 0.3) is 5.91 Å². The summed E-state index contributed by atoms with van der Waals surface area (Å²) in [6.45, 7) is 1.78. The van der Waals surface area contributed by atoms with Crippen LogP contribution in [-0.4, -0.2) is 29.1 Å². The highest BCUT2D eigenvalue weighted by Crippen LogP contribution is 2.26. The molecule has 0 fully saturated rings. The van der Waals surface area contributed by atoms with Crippen molar-refractivity contribution in [3.05, 3.63) is 29.3 Å². The van der Waals surface area contributed by atoms with Gasteiger partial charge < -0.3 is 10.2 Å². The van der Waals surface area contributed by atoms with Crippen LogP contribution >= 0.6 is 0 Å². The molecule has 1 aromatic carbocycles. The zero-order valence-electron chi connectivity index (χ0n) is 9.43. The summed E-state index contributed by atoms with van der Waals surface area (Å²) in [6.07, 6.45) is 0. The smallest absolute Gasteiger partial charge is 0.324 e. The van der Waals surface area contributed by atoms with Gasteiger partial charge in [-0.25, -0.2) is 10.1 Å². The summed E-state index contributed by atoms with van der Waals surface area (Å²) in [5.41, 5.74) is 1.03. The lowest BCUT2D eigenvalue weighted by Crippen LogP contribution is -2.38. The summed E-state index contributed by atoms with van der Waals surface area (Å²) in [5.74, 6) is -0.271. The molecule has 0 bridgehead atoms. The molecule has 0 aliphatic carbocycles. The van der Waals surface area contributed by atoms with E-state index < -0.39 is 11.9 Å². The number of urea groups is 1. The first-order valence-corrected chi connectivity index (χ1v) is 5.08. The molecule has 0 saturated carbocycles. The zero-order valence-corrected chi connectivity index (χ0v) is 9.43. The zero-order chi connectivity index (χ0) is 12.6. The van der Waals surface area contributed by atoms with Gasteiger partial charge in [0.15, 0.2) is 5.75 Å². The van der Waals surface area contributed by atoms with Gasteiger partial charge in [-0.2, -0.15) is 0 Å². The molecule has 2 rings (SSSR count). The first-order chi connectivity index (χ1) is 8.04. The highest BCUT2D eigenvalue weighted by molar-refractivity contribution is 6.06. The van der Waals surface area contributed by atoms with E-state index in [1.165, 1.54) is 19.2 Å². The van der Waals surface area contributed by atoms with Crippen LogP contribution in [0.15, 0.2) is 18.2 Å². The molecular weight excluding hydrogens is 224 g/mol. The second kappa shape index (κ2) is 4.06. The molecule has 1 unspecified atom stereocenters. The maximum absolute atomic E-state index is 12.0. The molecule has 0 aromatic heterocycles. The summed E-state index contributed by atoms with van der Waals surface area (Å²) in [5, 5.41) is 11.3. The van der Waals surface area contributed by atoms with Crippen molar-refractivity contribution in [2.45, 2.75) is 13.0 Å². The van der Waals surface area contributed by atoms with Gasteiger partial charge >= 0.3 is 6.03 Å². The number of carbonyl (C=O) groups excluding carboxylic acids is 2. The topological polar surface area (TPSA) is 78.9 Å². The Morgan fingerprint density at radius 2 is 2.12 bits per heavy atom. The van der Waals surface area contributed by atoms with E-state index in [4.69, 9.17) is 5.26 Å². The van der Waals surface area contributed by atoms with Gasteiger partial charge in [0.1, 0.15) is 0 Å². The molecule has 6 nitrogen and oxygen atoms in total. The van der Waals surface area contributed by atoms with E-state index in [2.05, 4.69) is 10.2 Å². The van der Waals surface area contributed by atoms with Crippen LogP contribution in [-0.2, 0) is 0 Å². The highest BCUT2D eigenvalue weighted by atomic mass is 17.1. The maximum Gasteiger partial charge on any atom is 0.324 e. The lowest BCUT2D eigenvalue weighted by Gasteiger charge is -2.13. The number of benzene rings is 1. The summed E-state index contributed by atoms with van der Waals surface area (Å²) >= 11 is 0. The van der Waals surface area contributed by atoms with Crippen LogP contribution < -0.4 is 10.2 Å². The molecule has 1 atom stereocenters. The van der Waals surface area contributed by atoms with E-state index in [-0.39, 0.29) is 11.8 Å². The van der Waals surface area contributed by atoms with Crippen molar-refractivity contribution in [3.8, 4) is 5.75 Å². The van der Waals surface area contributed by atoms with Gasteiger partial charge in [-0.15, -0.1) is 0 Å². The van der Waals surface area contributed by atoms with Crippen LogP contribution in [0.25, 0.3) is 0 Å². The van der Waals surface area contributed by atoms with E-state index in [9.17, 15) is 9.59 Å². The minimum atomic E-state index is -0.454. The molecule has 3 amide bonds. The van der Waals surface area contributed by atoms with Crippen LogP contribution in [0, 0.1) is 0 Å². The summed E-state index contributed by atoms with van der Waals surface area (Å²) in [7, 11) is 1.39. The third-order valence-corrected chi connectivity index (χ3v) is 2.78. The molecule has 0 spiro atoms. The predicted molar refractivity (Wildman–Crippen MR) is 58.7 cm³/mol. The van der Waals surface area contributed by atoms with Crippen LogP contribution in [0.4, 0.5) is 4.79 Å². The number of hydrogen-bond donors (Lipinski definition) is 2. The van der Waals surface area contributed by atoms with Gasteiger partial charge in [-0.1, -0.05) is 6.07 Å². The van der Waals surface area contributed by atoms with Crippen molar-refractivity contribution in [1.82, 2.24) is 10.2 Å². The van der Waals surface area contributed by atoms with Crippen molar-refractivity contribution in [1.29, 1.82) is 0 Å². The summed E-state index contributed by atoms with van der Waals surface area (Å²) < 4.78 is 0. The molecular formula is C11H12N2O4.